The van der Waals surface area contributed by atoms with Gasteiger partial charge < -0.3 is 14.7 Å². The Morgan fingerprint density at radius 2 is 1.83 bits per heavy atom. The number of quaternary nitrogens is 1. The van der Waals surface area contributed by atoms with Gasteiger partial charge in [-0.05, 0) is 6.92 Å². The highest BCUT2D eigenvalue weighted by Gasteiger charge is 2.30. The highest BCUT2D eigenvalue weighted by atomic mass is 16.4. The van der Waals surface area contributed by atoms with Gasteiger partial charge in [0.15, 0.2) is 0 Å². The first-order valence-corrected chi connectivity index (χ1v) is 3.87. The Hall–Kier alpha value is -0.610. The van der Waals surface area contributed by atoms with E-state index in [0.717, 1.165) is 0 Å². The van der Waals surface area contributed by atoms with Crippen molar-refractivity contribution >= 4 is 5.97 Å². The van der Waals surface area contributed by atoms with Crippen LogP contribution in [0.1, 0.15) is 13.3 Å². The predicted octanol–water partition coefficient (Wildman–Crippen LogP) is -0.0817. The molecule has 4 nitrogen and oxygen atoms in total. The van der Waals surface area contributed by atoms with Crippen LogP contribution in [0, 0.1) is 0 Å². The van der Waals surface area contributed by atoms with Crippen molar-refractivity contribution in [2.45, 2.75) is 18.9 Å². The number of carbonyl (C=O) groups is 1. The van der Waals surface area contributed by atoms with Crippen LogP contribution in [0.15, 0.2) is 0 Å². The number of rotatable bonds is 4. The molecule has 12 heavy (non-hydrogen) atoms. The van der Waals surface area contributed by atoms with E-state index in [1.54, 1.807) is 6.92 Å². The van der Waals surface area contributed by atoms with Crippen molar-refractivity contribution in [1.82, 2.24) is 0 Å². The summed E-state index contributed by atoms with van der Waals surface area (Å²) < 4.78 is 0.556. The minimum atomic E-state index is -1.12. The van der Waals surface area contributed by atoms with Gasteiger partial charge in [-0.15, -0.1) is 0 Å². The molecule has 0 fully saturated rings. The maximum absolute atomic E-state index is 10.3. The van der Waals surface area contributed by atoms with Crippen LogP contribution in [0.25, 0.3) is 0 Å². The highest BCUT2D eigenvalue weighted by Crippen LogP contribution is 2.12. The summed E-state index contributed by atoms with van der Waals surface area (Å²) in [5.41, 5.74) is -1.12. The van der Waals surface area contributed by atoms with E-state index in [2.05, 4.69) is 0 Å². The second-order valence-electron chi connectivity index (χ2n) is 4.52. The Kier molecular flexibility index (Phi) is 3.24. The largest absolute Gasteiger partial charge is 0.481 e. The van der Waals surface area contributed by atoms with Gasteiger partial charge in [-0.3, -0.25) is 4.79 Å². The molecular weight excluding hydrogens is 158 g/mol. The van der Waals surface area contributed by atoms with Crippen molar-refractivity contribution in [3.05, 3.63) is 0 Å². The zero-order valence-electron chi connectivity index (χ0n) is 8.16. The molecule has 0 spiro atoms. The first-order chi connectivity index (χ1) is 5.12. The quantitative estimate of drug-likeness (QED) is 0.589. The normalized spacial score (nSPS) is 17.1. The number of carboxylic acid groups (broad SMARTS) is 1. The molecule has 0 aromatic carbocycles. The molecule has 0 aliphatic carbocycles. The second kappa shape index (κ2) is 3.41. The van der Waals surface area contributed by atoms with E-state index in [0.29, 0.717) is 11.0 Å². The first kappa shape index (κ1) is 11.4. The molecule has 0 amide bonds. The smallest absolute Gasteiger partial charge is 0.306 e. The van der Waals surface area contributed by atoms with Crippen LogP contribution in [0.5, 0.6) is 0 Å². The van der Waals surface area contributed by atoms with Gasteiger partial charge in [0.25, 0.3) is 0 Å². The van der Waals surface area contributed by atoms with Crippen molar-refractivity contribution in [2.75, 3.05) is 27.7 Å². The summed E-state index contributed by atoms with van der Waals surface area (Å²) in [6.45, 7) is 1.98. The zero-order valence-corrected chi connectivity index (χ0v) is 8.16. The number of hydrogen-bond acceptors (Lipinski definition) is 2. The molecule has 0 aliphatic heterocycles. The minimum Gasteiger partial charge on any atom is -0.481 e. The molecule has 1 atom stereocenters. The summed E-state index contributed by atoms with van der Waals surface area (Å²) in [6.07, 6.45) is -0.206. The lowest BCUT2D eigenvalue weighted by Gasteiger charge is -2.32. The molecule has 4 heteroatoms. The average Bonchev–Trinajstić information content (AvgIpc) is 1.48. The molecule has 0 rings (SSSR count). The van der Waals surface area contributed by atoms with Gasteiger partial charge in [0.05, 0.1) is 27.6 Å². The molecule has 72 valence electrons. The van der Waals surface area contributed by atoms with E-state index in [9.17, 15) is 9.90 Å². The average molecular weight is 176 g/mol. The third-order valence-electron chi connectivity index (χ3n) is 1.35. The molecule has 0 saturated carbocycles. The highest BCUT2D eigenvalue weighted by molar-refractivity contribution is 5.68. The third kappa shape index (κ3) is 6.12. The van der Waals surface area contributed by atoms with Crippen LogP contribution < -0.4 is 0 Å². The van der Waals surface area contributed by atoms with Crippen molar-refractivity contribution < 1.29 is 19.5 Å². The number of hydrogen-bond donors (Lipinski definition) is 2. The van der Waals surface area contributed by atoms with Crippen molar-refractivity contribution in [3.8, 4) is 0 Å². The first-order valence-electron chi connectivity index (χ1n) is 3.87. The van der Waals surface area contributed by atoms with Gasteiger partial charge in [0.1, 0.15) is 12.1 Å². The van der Waals surface area contributed by atoms with Crippen LogP contribution >= 0.6 is 0 Å². The van der Waals surface area contributed by atoms with Crippen LogP contribution in [-0.4, -0.2) is 54.0 Å². The molecule has 0 radical (unpaired) electrons. The van der Waals surface area contributed by atoms with Crippen LogP contribution in [0.4, 0.5) is 0 Å². The third-order valence-corrected chi connectivity index (χ3v) is 1.35. The lowest BCUT2D eigenvalue weighted by molar-refractivity contribution is -0.876. The Morgan fingerprint density at radius 1 is 1.42 bits per heavy atom. The van der Waals surface area contributed by atoms with Crippen LogP contribution in [-0.2, 0) is 4.79 Å². The van der Waals surface area contributed by atoms with E-state index < -0.39 is 11.6 Å². The van der Waals surface area contributed by atoms with Gasteiger partial charge in [-0.1, -0.05) is 0 Å². The van der Waals surface area contributed by atoms with Crippen molar-refractivity contribution in [2.24, 2.45) is 0 Å². The van der Waals surface area contributed by atoms with E-state index in [-0.39, 0.29) is 6.42 Å². The summed E-state index contributed by atoms with van der Waals surface area (Å²) in [6, 6.07) is 0. The summed E-state index contributed by atoms with van der Waals surface area (Å²) in [5.74, 6) is -0.964. The number of carboxylic acids is 1. The summed E-state index contributed by atoms with van der Waals surface area (Å²) in [7, 11) is 5.74. The SMILES string of the molecule is C[C@](O)(CC(=O)O)C[N+](C)(C)C. The Morgan fingerprint density at radius 3 is 2.08 bits per heavy atom. The fourth-order valence-corrected chi connectivity index (χ4v) is 1.40. The molecule has 0 saturated heterocycles. The van der Waals surface area contributed by atoms with Gasteiger partial charge in [0.2, 0.25) is 0 Å². The number of nitrogens with zero attached hydrogens (tertiary/aromatic N) is 1. The minimum absolute atomic E-state index is 0.206. The Labute approximate surface area is 73.0 Å². The predicted molar refractivity (Wildman–Crippen MR) is 45.8 cm³/mol. The molecule has 0 bridgehead atoms. The number of aliphatic hydroxyl groups is 1. The molecule has 2 N–H and O–H groups in total. The summed E-state index contributed by atoms with van der Waals surface area (Å²) in [4.78, 5) is 10.3. The summed E-state index contributed by atoms with van der Waals surface area (Å²) in [5, 5.41) is 18.1. The summed E-state index contributed by atoms with van der Waals surface area (Å²) >= 11 is 0. The monoisotopic (exact) mass is 176 g/mol. The number of likely N-dealkylation sites (N-methyl/N-ethyl adjacent to an activating group) is 1. The van der Waals surface area contributed by atoms with E-state index in [4.69, 9.17) is 5.11 Å². The standard InChI is InChI=1S/C8H17NO3/c1-8(12,5-7(10)11)6-9(2,3)4/h12H,5-6H2,1-4H3/p+1/t8-/m0/s1. The van der Waals surface area contributed by atoms with Crippen LogP contribution in [0.3, 0.4) is 0 Å². The van der Waals surface area contributed by atoms with Crippen LogP contribution in [0.2, 0.25) is 0 Å². The van der Waals surface area contributed by atoms with Gasteiger partial charge in [-0.25, -0.2) is 0 Å². The molecule has 0 aromatic heterocycles. The Balaban J connectivity index is 4.13. The van der Waals surface area contributed by atoms with Crippen molar-refractivity contribution in [1.29, 1.82) is 0 Å². The van der Waals surface area contributed by atoms with Crippen molar-refractivity contribution in [3.63, 3.8) is 0 Å². The Bertz CT molecular complexity index is 170. The second-order valence-corrected chi connectivity index (χ2v) is 4.52. The maximum atomic E-state index is 10.3. The number of aliphatic carboxylic acids is 1. The fourth-order valence-electron chi connectivity index (χ4n) is 1.40. The van der Waals surface area contributed by atoms with Gasteiger partial charge >= 0.3 is 5.97 Å². The van der Waals surface area contributed by atoms with E-state index in [1.807, 2.05) is 21.1 Å². The van der Waals surface area contributed by atoms with E-state index in [1.165, 1.54) is 0 Å². The molecular formula is C8H18NO3+. The zero-order chi connectivity index (χ0) is 9.99. The van der Waals surface area contributed by atoms with E-state index >= 15 is 0 Å². The molecule has 0 aromatic rings. The molecule has 0 heterocycles. The fraction of sp³-hybridized carbons (Fsp3) is 0.875. The molecule has 0 unspecified atom stereocenters. The lowest BCUT2D eigenvalue weighted by Crippen LogP contribution is -2.48. The maximum Gasteiger partial charge on any atom is 0.306 e. The topological polar surface area (TPSA) is 57.5 Å². The van der Waals surface area contributed by atoms with Gasteiger partial charge in [0, 0.05) is 0 Å². The van der Waals surface area contributed by atoms with Gasteiger partial charge in [-0.2, -0.15) is 0 Å². The lowest BCUT2D eigenvalue weighted by atomic mass is 10.0. The molecule has 0 aliphatic rings.